The Balaban J connectivity index is 1.80. The summed E-state index contributed by atoms with van der Waals surface area (Å²) in [6.45, 7) is 9.73. The number of benzene rings is 1. The molecule has 3 rings (SSSR count). The standard InChI is InChI=1S/C23H28N4O3S/c1-6-14(4)25-21(29)20-15(5)19-22(31-20)24-12-27(23(19)30)11-18(28)26-17-9-7-16(8-10-17)13(2)3/h7-10,12-14H,6,11H2,1-5H3,(H,25,29)(H,26,28). The van der Waals surface area contributed by atoms with Crippen molar-refractivity contribution < 1.29 is 9.59 Å². The summed E-state index contributed by atoms with van der Waals surface area (Å²) >= 11 is 1.20. The minimum atomic E-state index is -0.327. The van der Waals surface area contributed by atoms with Crippen LogP contribution < -0.4 is 16.2 Å². The fraction of sp³-hybridized carbons (Fsp3) is 0.391. The number of aryl methyl sites for hydroxylation is 1. The zero-order valence-corrected chi connectivity index (χ0v) is 19.3. The van der Waals surface area contributed by atoms with Gasteiger partial charge in [-0.2, -0.15) is 0 Å². The monoisotopic (exact) mass is 440 g/mol. The van der Waals surface area contributed by atoms with Crippen LogP contribution in [0.5, 0.6) is 0 Å². The molecule has 2 heterocycles. The molecule has 2 amide bonds. The number of hydrogen-bond donors (Lipinski definition) is 2. The summed E-state index contributed by atoms with van der Waals surface area (Å²) in [6, 6.07) is 7.69. The van der Waals surface area contributed by atoms with Crippen molar-refractivity contribution in [3.05, 3.63) is 57.0 Å². The minimum Gasteiger partial charge on any atom is -0.349 e. The molecule has 1 unspecified atom stereocenters. The van der Waals surface area contributed by atoms with Crippen molar-refractivity contribution in [2.24, 2.45) is 0 Å². The molecule has 31 heavy (non-hydrogen) atoms. The molecular weight excluding hydrogens is 412 g/mol. The fourth-order valence-corrected chi connectivity index (χ4v) is 4.23. The zero-order chi connectivity index (χ0) is 22.7. The van der Waals surface area contributed by atoms with E-state index in [-0.39, 0.29) is 30.0 Å². The Morgan fingerprint density at radius 1 is 1.16 bits per heavy atom. The number of carbonyl (C=O) groups excluding carboxylic acids is 2. The Kier molecular flexibility index (Phi) is 6.90. The molecule has 2 N–H and O–H groups in total. The predicted octanol–water partition coefficient (Wildman–Crippen LogP) is 4.06. The van der Waals surface area contributed by atoms with Gasteiger partial charge in [0.25, 0.3) is 11.5 Å². The van der Waals surface area contributed by atoms with Gasteiger partial charge < -0.3 is 10.6 Å². The third kappa shape index (κ3) is 5.02. The summed E-state index contributed by atoms with van der Waals surface area (Å²) in [5.74, 6) is -0.112. The molecular formula is C23H28N4O3S. The fourth-order valence-electron chi connectivity index (χ4n) is 3.19. The van der Waals surface area contributed by atoms with E-state index >= 15 is 0 Å². The Hall–Kier alpha value is -3.00. The number of rotatable bonds is 7. The van der Waals surface area contributed by atoms with E-state index in [1.54, 1.807) is 6.92 Å². The molecule has 0 fully saturated rings. The average Bonchev–Trinajstić information content (AvgIpc) is 3.07. The van der Waals surface area contributed by atoms with Crippen LogP contribution >= 0.6 is 11.3 Å². The lowest BCUT2D eigenvalue weighted by Gasteiger charge is -2.10. The summed E-state index contributed by atoms with van der Waals surface area (Å²) < 4.78 is 1.27. The van der Waals surface area contributed by atoms with Gasteiger partial charge in [0.05, 0.1) is 16.6 Å². The largest absolute Gasteiger partial charge is 0.349 e. The first-order valence-electron chi connectivity index (χ1n) is 10.4. The lowest BCUT2D eigenvalue weighted by atomic mass is 10.0. The van der Waals surface area contributed by atoms with Gasteiger partial charge in [-0.25, -0.2) is 4.98 Å². The molecule has 0 bridgehead atoms. The molecule has 0 aliphatic heterocycles. The number of amides is 2. The van der Waals surface area contributed by atoms with E-state index in [2.05, 4.69) is 29.5 Å². The number of anilines is 1. The molecule has 164 valence electrons. The second kappa shape index (κ2) is 9.43. The number of fused-ring (bicyclic) bond motifs is 1. The Morgan fingerprint density at radius 3 is 2.45 bits per heavy atom. The van der Waals surface area contributed by atoms with Gasteiger partial charge in [-0.1, -0.05) is 32.9 Å². The molecule has 0 spiro atoms. The van der Waals surface area contributed by atoms with E-state index in [9.17, 15) is 14.4 Å². The van der Waals surface area contributed by atoms with Crippen molar-refractivity contribution in [1.29, 1.82) is 0 Å². The SMILES string of the molecule is CCC(C)NC(=O)c1sc2ncn(CC(=O)Nc3ccc(C(C)C)cc3)c(=O)c2c1C. The molecule has 0 radical (unpaired) electrons. The second-order valence-electron chi connectivity index (χ2n) is 8.02. The van der Waals surface area contributed by atoms with E-state index in [1.807, 2.05) is 38.1 Å². The maximum atomic E-state index is 13.0. The first-order chi connectivity index (χ1) is 14.7. The molecule has 8 heteroatoms. The Labute approximate surface area is 185 Å². The zero-order valence-electron chi connectivity index (χ0n) is 18.5. The highest BCUT2D eigenvalue weighted by molar-refractivity contribution is 7.20. The summed E-state index contributed by atoms with van der Waals surface area (Å²) in [5.41, 5.74) is 2.13. The van der Waals surface area contributed by atoms with Crippen LogP contribution in [0.25, 0.3) is 10.2 Å². The second-order valence-corrected chi connectivity index (χ2v) is 9.02. The van der Waals surface area contributed by atoms with E-state index in [1.165, 1.54) is 27.8 Å². The van der Waals surface area contributed by atoms with E-state index in [4.69, 9.17) is 0 Å². The van der Waals surface area contributed by atoms with Crippen LogP contribution in [0.1, 0.15) is 60.8 Å². The predicted molar refractivity (Wildman–Crippen MR) is 125 cm³/mol. The van der Waals surface area contributed by atoms with Crippen molar-refractivity contribution in [3.8, 4) is 0 Å². The normalized spacial score (nSPS) is 12.2. The highest BCUT2D eigenvalue weighted by atomic mass is 32.1. The Bertz CT molecular complexity index is 1160. The molecule has 0 saturated carbocycles. The molecule has 1 atom stereocenters. The van der Waals surface area contributed by atoms with Crippen LogP contribution in [0.4, 0.5) is 5.69 Å². The minimum absolute atomic E-state index is 0.0417. The van der Waals surface area contributed by atoms with Crippen molar-refractivity contribution in [1.82, 2.24) is 14.9 Å². The van der Waals surface area contributed by atoms with Gasteiger partial charge in [-0.3, -0.25) is 19.0 Å². The van der Waals surface area contributed by atoms with Gasteiger partial charge in [-0.15, -0.1) is 11.3 Å². The van der Waals surface area contributed by atoms with Gasteiger partial charge in [0.15, 0.2) is 0 Å². The number of nitrogens with one attached hydrogen (secondary N) is 2. The molecule has 3 aromatic rings. The molecule has 0 aliphatic rings. The van der Waals surface area contributed by atoms with Crippen molar-refractivity contribution in [2.45, 2.75) is 59.5 Å². The van der Waals surface area contributed by atoms with Gasteiger partial charge in [0, 0.05) is 11.7 Å². The van der Waals surface area contributed by atoms with Crippen LogP contribution in [0, 0.1) is 6.92 Å². The maximum absolute atomic E-state index is 13.0. The highest BCUT2D eigenvalue weighted by Gasteiger charge is 2.20. The molecule has 2 aromatic heterocycles. The molecule has 1 aromatic carbocycles. The number of nitrogens with zero attached hydrogens (tertiary/aromatic N) is 2. The summed E-state index contributed by atoms with van der Waals surface area (Å²) in [6.07, 6.45) is 2.18. The van der Waals surface area contributed by atoms with Crippen molar-refractivity contribution in [2.75, 3.05) is 5.32 Å². The maximum Gasteiger partial charge on any atom is 0.262 e. The highest BCUT2D eigenvalue weighted by Crippen LogP contribution is 2.27. The summed E-state index contributed by atoms with van der Waals surface area (Å²) in [4.78, 5) is 43.3. The molecule has 0 saturated heterocycles. The first kappa shape index (κ1) is 22.7. The lowest BCUT2D eigenvalue weighted by Crippen LogP contribution is -2.31. The van der Waals surface area contributed by atoms with Crippen LogP contribution in [-0.4, -0.2) is 27.4 Å². The number of thiophene rings is 1. The third-order valence-corrected chi connectivity index (χ3v) is 6.49. The van der Waals surface area contributed by atoms with Gasteiger partial charge in [-0.05, 0) is 49.4 Å². The number of hydrogen-bond acceptors (Lipinski definition) is 5. The van der Waals surface area contributed by atoms with E-state index in [0.29, 0.717) is 32.3 Å². The molecule has 7 nitrogen and oxygen atoms in total. The van der Waals surface area contributed by atoms with Crippen molar-refractivity contribution in [3.63, 3.8) is 0 Å². The van der Waals surface area contributed by atoms with Crippen LogP contribution in [-0.2, 0) is 11.3 Å². The Morgan fingerprint density at radius 2 is 1.84 bits per heavy atom. The molecule has 0 aliphatic carbocycles. The van der Waals surface area contributed by atoms with E-state index in [0.717, 1.165) is 6.42 Å². The first-order valence-corrected chi connectivity index (χ1v) is 11.2. The summed E-state index contributed by atoms with van der Waals surface area (Å²) in [7, 11) is 0. The topological polar surface area (TPSA) is 93.1 Å². The summed E-state index contributed by atoms with van der Waals surface area (Å²) in [5, 5.41) is 6.12. The van der Waals surface area contributed by atoms with Crippen molar-refractivity contribution >= 4 is 39.1 Å². The van der Waals surface area contributed by atoms with Crippen LogP contribution in [0.3, 0.4) is 0 Å². The van der Waals surface area contributed by atoms with Gasteiger partial charge in [0.2, 0.25) is 5.91 Å². The quantitative estimate of drug-likeness (QED) is 0.579. The lowest BCUT2D eigenvalue weighted by molar-refractivity contribution is -0.116. The smallest absolute Gasteiger partial charge is 0.262 e. The van der Waals surface area contributed by atoms with E-state index < -0.39 is 0 Å². The number of aromatic nitrogens is 2. The third-order valence-electron chi connectivity index (χ3n) is 5.29. The number of carbonyl (C=O) groups is 2. The van der Waals surface area contributed by atoms with Crippen LogP contribution in [0.2, 0.25) is 0 Å². The average molecular weight is 441 g/mol. The van der Waals surface area contributed by atoms with Gasteiger partial charge >= 0.3 is 0 Å². The van der Waals surface area contributed by atoms with Gasteiger partial charge in [0.1, 0.15) is 11.4 Å². The van der Waals surface area contributed by atoms with Crippen LogP contribution in [0.15, 0.2) is 35.4 Å².